The van der Waals surface area contributed by atoms with Crippen LogP contribution in [0.5, 0.6) is 0 Å². The van der Waals surface area contributed by atoms with E-state index in [9.17, 15) is 4.79 Å². The molecule has 2 N–H and O–H groups in total. The lowest BCUT2D eigenvalue weighted by molar-refractivity contribution is -0.136. The summed E-state index contributed by atoms with van der Waals surface area (Å²) in [4.78, 5) is 14.7. The minimum absolute atomic E-state index is 0.0150. The van der Waals surface area contributed by atoms with E-state index in [0.717, 1.165) is 24.0 Å². The van der Waals surface area contributed by atoms with Gasteiger partial charge in [0.2, 0.25) is 5.91 Å². The summed E-state index contributed by atoms with van der Waals surface area (Å²) in [6.07, 6.45) is 1.75. The van der Waals surface area contributed by atoms with Crippen molar-refractivity contribution in [3.05, 3.63) is 35.4 Å². The standard InChI is InChI=1S/C16H22N2O2S/c1-3-14-13(7-8-20-14)16(19)18(2)10-11-5-4-6-12(9-11)15(17)21/h4-6,9,13-14H,3,7-8,10H2,1-2H3,(H2,17,21). The van der Waals surface area contributed by atoms with Gasteiger partial charge in [0.05, 0.1) is 12.0 Å². The smallest absolute Gasteiger partial charge is 0.228 e. The number of carbonyl (C=O) groups is 1. The lowest BCUT2D eigenvalue weighted by Crippen LogP contribution is -2.36. The van der Waals surface area contributed by atoms with Crippen LogP contribution >= 0.6 is 12.2 Å². The molecule has 0 spiro atoms. The molecular weight excluding hydrogens is 284 g/mol. The molecule has 0 bridgehead atoms. The van der Waals surface area contributed by atoms with Crippen LogP contribution in [0.2, 0.25) is 0 Å². The third-order valence-electron chi connectivity index (χ3n) is 3.94. The molecule has 0 saturated carbocycles. The second kappa shape index (κ2) is 7.00. The van der Waals surface area contributed by atoms with Crippen molar-refractivity contribution in [3.63, 3.8) is 0 Å². The van der Waals surface area contributed by atoms with E-state index in [4.69, 9.17) is 22.7 Å². The number of ether oxygens (including phenoxy) is 1. The summed E-state index contributed by atoms with van der Waals surface area (Å²) in [5.74, 6) is 0.138. The highest BCUT2D eigenvalue weighted by molar-refractivity contribution is 7.80. The van der Waals surface area contributed by atoms with Crippen LogP contribution in [0.15, 0.2) is 24.3 Å². The predicted octanol–water partition coefficient (Wildman–Crippen LogP) is 2.09. The summed E-state index contributed by atoms with van der Waals surface area (Å²) in [7, 11) is 1.83. The molecule has 2 unspecified atom stereocenters. The maximum Gasteiger partial charge on any atom is 0.228 e. The monoisotopic (exact) mass is 306 g/mol. The van der Waals surface area contributed by atoms with Crippen molar-refractivity contribution in [2.45, 2.75) is 32.4 Å². The van der Waals surface area contributed by atoms with Gasteiger partial charge in [0, 0.05) is 25.8 Å². The number of nitrogens with zero attached hydrogens (tertiary/aromatic N) is 1. The van der Waals surface area contributed by atoms with E-state index in [2.05, 4.69) is 6.92 Å². The normalized spacial score (nSPS) is 21.2. The molecule has 1 saturated heterocycles. The van der Waals surface area contributed by atoms with Crippen molar-refractivity contribution < 1.29 is 9.53 Å². The van der Waals surface area contributed by atoms with Crippen LogP contribution in [0.1, 0.15) is 30.9 Å². The van der Waals surface area contributed by atoms with Crippen molar-refractivity contribution in [2.24, 2.45) is 11.7 Å². The fourth-order valence-corrected chi connectivity index (χ4v) is 2.92. The van der Waals surface area contributed by atoms with Gasteiger partial charge in [0.15, 0.2) is 0 Å². The molecule has 2 atom stereocenters. The van der Waals surface area contributed by atoms with E-state index in [1.807, 2.05) is 31.3 Å². The fraction of sp³-hybridized carbons (Fsp3) is 0.500. The molecule has 1 aromatic carbocycles. The van der Waals surface area contributed by atoms with Crippen molar-refractivity contribution in [2.75, 3.05) is 13.7 Å². The molecule has 1 fully saturated rings. The molecule has 1 aliphatic rings. The van der Waals surface area contributed by atoms with Gasteiger partial charge in [-0.25, -0.2) is 0 Å². The van der Waals surface area contributed by atoms with Crippen LogP contribution in [-0.4, -0.2) is 35.6 Å². The maximum atomic E-state index is 12.5. The Morgan fingerprint density at radius 2 is 2.29 bits per heavy atom. The highest BCUT2D eigenvalue weighted by atomic mass is 32.1. The Morgan fingerprint density at radius 3 is 2.95 bits per heavy atom. The Kier molecular flexibility index (Phi) is 5.31. The molecule has 0 aromatic heterocycles. The van der Waals surface area contributed by atoms with Crippen LogP contribution in [0.4, 0.5) is 0 Å². The van der Waals surface area contributed by atoms with Gasteiger partial charge in [-0.2, -0.15) is 0 Å². The Hall–Kier alpha value is -1.46. The summed E-state index contributed by atoms with van der Waals surface area (Å²) >= 11 is 4.99. The van der Waals surface area contributed by atoms with E-state index in [0.29, 0.717) is 18.1 Å². The number of hydrogen-bond acceptors (Lipinski definition) is 3. The van der Waals surface area contributed by atoms with Gasteiger partial charge < -0.3 is 15.4 Å². The Labute approximate surface area is 131 Å². The summed E-state index contributed by atoms with van der Waals surface area (Å²) < 4.78 is 5.61. The van der Waals surface area contributed by atoms with Crippen LogP contribution in [0, 0.1) is 5.92 Å². The van der Waals surface area contributed by atoms with Crippen molar-refractivity contribution in [3.8, 4) is 0 Å². The SMILES string of the molecule is CCC1OCCC1C(=O)N(C)Cc1cccc(C(N)=S)c1. The van der Waals surface area contributed by atoms with Gasteiger partial charge in [-0.15, -0.1) is 0 Å². The molecule has 4 nitrogen and oxygen atoms in total. The van der Waals surface area contributed by atoms with Gasteiger partial charge in [0.1, 0.15) is 4.99 Å². The average molecular weight is 306 g/mol. The molecule has 1 heterocycles. The van der Waals surface area contributed by atoms with E-state index in [1.165, 1.54) is 0 Å². The van der Waals surface area contributed by atoms with Gasteiger partial charge in [0.25, 0.3) is 0 Å². The number of thiocarbonyl (C=S) groups is 1. The molecule has 0 aliphatic carbocycles. The van der Waals surface area contributed by atoms with Gasteiger partial charge in [-0.3, -0.25) is 4.79 Å². The van der Waals surface area contributed by atoms with Crippen LogP contribution in [-0.2, 0) is 16.1 Å². The number of rotatable bonds is 5. The molecule has 1 aliphatic heterocycles. The Bertz CT molecular complexity index is 533. The summed E-state index contributed by atoms with van der Waals surface area (Å²) in [5.41, 5.74) is 7.51. The largest absolute Gasteiger partial charge is 0.389 e. The second-order valence-corrected chi connectivity index (χ2v) is 5.91. The zero-order chi connectivity index (χ0) is 15.4. The first-order chi connectivity index (χ1) is 10.0. The van der Waals surface area contributed by atoms with E-state index >= 15 is 0 Å². The van der Waals surface area contributed by atoms with E-state index < -0.39 is 0 Å². The molecule has 1 amide bonds. The fourth-order valence-electron chi connectivity index (χ4n) is 2.79. The second-order valence-electron chi connectivity index (χ2n) is 5.47. The Balaban J connectivity index is 2.03. The van der Waals surface area contributed by atoms with Gasteiger partial charge in [-0.05, 0) is 24.5 Å². The summed E-state index contributed by atoms with van der Waals surface area (Å²) in [6, 6.07) is 7.71. The molecule has 5 heteroatoms. The average Bonchev–Trinajstić information content (AvgIpc) is 2.95. The number of benzene rings is 1. The minimum Gasteiger partial charge on any atom is -0.389 e. The van der Waals surface area contributed by atoms with Gasteiger partial charge in [-0.1, -0.05) is 37.3 Å². The highest BCUT2D eigenvalue weighted by Crippen LogP contribution is 2.25. The lowest BCUT2D eigenvalue weighted by atomic mass is 9.98. The zero-order valence-corrected chi connectivity index (χ0v) is 13.4. The van der Waals surface area contributed by atoms with Crippen molar-refractivity contribution in [1.82, 2.24) is 4.90 Å². The quantitative estimate of drug-likeness (QED) is 0.846. The highest BCUT2D eigenvalue weighted by Gasteiger charge is 2.34. The third kappa shape index (κ3) is 3.80. The third-order valence-corrected chi connectivity index (χ3v) is 4.17. The topological polar surface area (TPSA) is 55.6 Å². The number of carbonyl (C=O) groups excluding carboxylic acids is 1. The lowest BCUT2D eigenvalue weighted by Gasteiger charge is -2.24. The number of hydrogen-bond donors (Lipinski definition) is 1. The minimum atomic E-state index is -0.0150. The molecular formula is C16H22N2O2S. The summed E-state index contributed by atoms with van der Waals surface area (Å²) in [6.45, 7) is 3.30. The molecule has 114 valence electrons. The molecule has 21 heavy (non-hydrogen) atoms. The van der Waals surface area contributed by atoms with Crippen molar-refractivity contribution in [1.29, 1.82) is 0 Å². The zero-order valence-electron chi connectivity index (χ0n) is 12.5. The van der Waals surface area contributed by atoms with Crippen LogP contribution in [0.25, 0.3) is 0 Å². The van der Waals surface area contributed by atoms with Crippen LogP contribution in [0.3, 0.4) is 0 Å². The van der Waals surface area contributed by atoms with E-state index in [1.54, 1.807) is 4.90 Å². The van der Waals surface area contributed by atoms with Crippen molar-refractivity contribution >= 4 is 23.1 Å². The molecule has 2 rings (SSSR count). The number of amides is 1. The van der Waals surface area contributed by atoms with Gasteiger partial charge >= 0.3 is 0 Å². The molecule has 1 aromatic rings. The number of nitrogens with two attached hydrogens (primary N) is 1. The summed E-state index contributed by atoms with van der Waals surface area (Å²) in [5, 5.41) is 0. The Morgan fingerprint density at radius 1 is 1.52 bits per heavy atom. The maximum absolute atomic E-state index is 12.5. The predicted molar refractivity (Wildman–Crippen MR) is 86.9 cm³/mol. The van der Waals surface area contributed by atoms with E-state index in [-0.39, 0.29) is 17.9 Å². The first kappa shape index (κ1) is 15.9. The van der Waals surface area contributed by atoms with Crippen LogP contribution < -0.4 is 5.73 Å². The first-order valence-corrected chi connectivity index (χ1v) is 7.69. The molecule has 0 radical (unpaired) electrons. The first-order valence-electron chi connectivity index (χ1n) is 7.28.